The van der Waals surface area contributed by atoms with Crippen molar-refractivity contribution in [3.63, 3.8) is 0 Å². The van der Waals surface area contributed by atoms with Gasteiger partial charge < -0.3 is 10.2 Å². The van der Waals surface area contributed by atoms with Crippen molar-refractivity contribution in [3.8, 4) is 0 Å². The molecule has 166 valence electrons. The molecule has 1 unspecified atom stereocenters. The predicted molar refractivity (Wildman–Crippen MR) is 132 cm³/mol. The predicted octanol–water partition coefficient (Wildman–Crippen LogP) is 5.06. The number of aryl methyl sites for hydroxylation is 1. The van der Waals surface area contributed by atoms with Gasteiger partial charge in [0.25, 0.3) is 5.56 Å². The Balaban J connectivity index is 1.32. The van der Waals surface area contributed by atoms with Crippen molar-refractivity contribution in [1.29, 1.82) is 0 Å². The van der Waals surface area contributed by atoms with Crippen LogP contribution in [0.1, 0.15) is 42.9 Å². The molecule has 2 aromatic heterocycles. The van der Waals surface area contributed by atoms with Crippen LogP contribution >= 0.6 is 0 Å². The molecule has 4 aromatic rings. The van der Waals surface area contributed by atoms with E-state index in [4.69, 9.17) is 4.98 Å². The normalized spacial score (nSPS) is 17.8. The quantitative estimate of drug-likeness (QED) is 0.483. The lowest BCUT2D eigenvalue weighted by Gasteiger charge is -2.28. The average molecular weight is 438 g/mol. The second-order valence-corrected chi connectivity index (χ2v) is 8.99. The molecule has 3 heterocycles. The smallest absolute Gasteiger partial charge is 0.252 e. The van der Waals surface area contributed by atoms with Crippen LogP contribution in [-0.2, 0) is 6.42 Å². The maximum atomic E-state index is 13.0. The standard InChI is InChI=1S/C27H27N5O/c33-25-15-9-20-18-28-27(29-21-10-12-22(13-11-21)31-16-4-1-5-17-31)30-26(20)32(25)24-14-8-19-6-2-3-7-23(19)24/h2-3,6-7,9-13,15,18,24H,1,4-5,8,14,16-17H2,(H,28,29,30). The number of aromatic nitrogens is 3. The van der Waals surface area contributed by atoms with Crippen molar-refractivity contribution >= 4 is 28.4 Å². The van der Waals surface area contributed by atoms with E-state index in [1.165, 1.54) is 36.1 Å². The lowest BCUT2D eigenvalue weighted by atomic mass is 10.1. The number of piperidine rings is 1. The maximum Gasteiger partial charge on any atom is 0.252 e. The van der Waals surface area contributed by atoms with Crippen molar-refractivity contribution in [2.24, 2.45) is 0 Å². The first-order valence-electron chi connectivity index (χ1n) is 11.8. The third kappa shape index (κ3) is 3.75. The Morgan fingerprint density at radius 1 is 0.909 bits per heavy atom. The second kappa shape index (κ2) is 8.35. The van der Waals surface area contributed by atoms with Crippen LogP contribution in [0, 0.1) is 0 Å². The van der Waals surface area contributed by atoms with Crippen LogP contribution in [-0.4, -0.2) is 27.6 Å². The van der Waals surface area contributed by atoms with Gasteiger partial charge in [-0.25, -0.2) is 4.98 Å². The number of benzene rings is 2. The summed E-state index contributed by atoms with van der Waals surface area (Å²) in [4.78, 5) is 24.7. The third-order valence-corrected chi connectivity index (χ3v) is 6.92. The molecule has 0 spiro atoms. The van der Waals surface area contributed by atoms with Gasteiger partial charge in [0.15, 0.2) is 0 Å². The van der Waals surface area contributed by atoms with Gasteiger partial charge >= 0.3 is 0 Å². The summed E-state index contributed by atoms with van der Waals surface area (Å²) in [6, 6.07) is 20.3. The highest BCUT2D eigenvalue weighted by molar-refractivity contribution is 5.76. The van der Waals surface area contributed by atoms with E-state index in [9.17, 15) is 4.79 Å². The molecular weight excluding hydrogens is 410 g/mol. The summed E-state index contributed by atoms with van der Waals surface area (Å²) in [7, 11) is 0. The third-order valence-electron chi connectivity index (χ3n) is 6.92. The first-order chi connectivity index (χ1) is 16.3. The Morgan fingerprint density at radius 2 is 1.73 bits per heavy atom. The fraction of sp³-hybridized carbons (Fsp3) is 0.296. The average Bonchev–Trinajstić information content (AvgIpc) is 3.29. The van der Waals surface area contributed by atoms with Gasteiger partial charge in [0.05, 0.1) is 6.04 Å². The number of rotatable bonds is 4. The molecule has 1 N–H and O–H groups in total. The van der Waals surface area contributed by atoms with Gasteiger partial charge in [0.1, 0.15) is 5.65 Å². The zero-order valence-corrected chi connectivity index (χ0v) is 18.6. The highest BCUT2D eigenvalue weighted by Crippen LogP contribution is 2.34. The largest absolute Gasteiger partial charge is 0.372 e. The summed E-state index contributed by atoms with van der Waals surface area (Å²) >= 11 is 0. The monoisotopic (exact) mass is 437 g/mol. The van der Waals surface area contributed by atoms with E-state index in [0.717, 1.165) is 37.0 Å². The van der Waals surface area contributed by atoms with Crippen molar-refractivity contribution < 1.29 is 0 Å². The number of hydrogen-bond donors (Lipinski definition) is 1. The summed E-state index contributed by atoms with van der Waals surface area (Å²) in [5.41, 5.74) is 5.37. The van der Waals surface area contributed by atoms with Gasteiger partial charge in [-0.3, -0.25) is 9.36 Å². The van der Waals surface area contributed by atoms with E-state index in [1.807, 2.05) is 16.7 Å². The zero-order valence-electron chi connectivity index (χ0n) is 18.6. The lowest BCUT2D eigenvalue weighted by Crippen LogP contribution is -2.29. The summed E-state index contributed by atoms with van der Waals surface area (Å²) < 4.78 is 1.84. The van der Waals surface area contributed by atoms with Gasteiger partial charge in [-0.15, -0.1) is 0 Å². The first-order valence-corrected chi connectivity index (χ1v) is 11.8. The highest BCUT2D eigenvalue weighted by atomic mass is 16.1. The van der Waals surface area contributed by atoms with E-state index in [2.05, 4.69) is 57.7 Å². The summed E-state index contributed by atoms with van der Waals surface area (Å²) in [6.07, 6.45) is 7.53. The van der Waals surface area contributed by atoms with Gasteiger partial charge in [-0.2, -0.15) is 4.98 Å². The van der Waals surface area contributed by atoms with Gasteiger partial charge in [-0.05, 0) is 73.6 Å². The van der Waals surface area contributed by atoms with Crippen LogP contribution in [0.15, 0.2) is 71.7 Å². The second-order valence-electron chi connectivity index (χ2n) is 8.99. The molecule has 0 radical (unpaired) electrons. The number of anilines is 3. The van der Waals surface area contributed by atoms with Crippen molar-refractivity contribution in [2.45, 2.75) is 38.1 Å². The van der Waals surface area contributed by atoms with Gasteiger partial charge in [0, 0.05) is 42.1 Å². The van der Waals surface area contributed by atoms with Crippen LogP contribution in [0.5, 0.6) is 0 Å². The molecule has 0 saturated carbocycles. The molecule has 0 amide bonds. The molecule has 1 aliphatic heterocycles. The highest BCUT2D eigenvalue weighted by Gasteiger charge is 2.26. The molecule has 1 fully saturated rings. The Morgan fingerprint density at radius 3 is 2.58 bits per heavy atom. The Kier molecular flexibility index (Phi) is 5.06. The maximum absolute atomic E-state index is 13.0. The molecule has 6 rings (SSSR count). The van der Waals surface area contributed by atoms with Crippen molar-refractivity contribution in [2.75, 3.05) is 23.3 Å². The summed E-state index contributed by atoms with van der Waals surface area (Å²) in [6.45, 7) is 2.25. The molecule has 1 atom stereocenters. The summed E-state index contributed by atoms with van der Waals surface area (Å²) in [5, 5.41) is 4.19. The van der Waals surface area contributed by atoms with Crippen molar-refractivity contribution in [3.05, 3.63) is 88.3 Å². The van der Waals surface area contributed by atoms with Crippen LogP contribution in [0.4, 0.5) is 17.3 Å². The number of fused-ring (bicyclic) bond motifs is 2. The number of pyridine rings is 1. The number of nitrogens with one attached hydrogen (secondary N) is 1. The first kappa shape index (κ1) is 20.0. The van der Waals surface area contributed by atoms with E-state index in [1.54, 1.807) is 12.3 Å². The molecular formula is C27H27N5O. The van der Waals surface area contributed by atoms with E-state index in [0.29, 0.717) is 11.6 Å². The van der Waals surface area contributed by atoms with Crippen LogP contribution in [0.3, 0.4) is 0 Å². The van der Waals surface area contributed by atoms with Gasteiger partial charge in [-0.1, -0.05) is 24.3 Å². The Hall–Kier alpha value is -3.67. The molecule has 1 aliphatic carbocycles. The van der Waals surface area contributed by atoms with Crippen LogP contribution in [0.25, 0.3) is 11.0 Å². The molecule has 2 aliphatic rings. The topological polar surface area (TPSA) is 63.1 Å². The zero-order chi connectivity index (χ0) is 22.2. The molecule has 1 saturated heterocycles. The summed E-state index contributed by atoms with van der Waals surface area (Å²) in [5.74, 6) is 0.499. The molecule has 6 heteroatoms. The number of hydrogen-bond acceptors (Lipinski definition) is 5. The number of nitrogens with zero attached hydrogens (tertiary/aromatic N) is 4. The Bertz CT molecular complexity index is 1360. The molecule has 33 heavy (non-hydrogen) atoms. The van der Waals surface area contributed by atoms with E-state index in [-0.39, 0.29) is 11.6 Å². The minimum absolute atomic E-state index is 0.00368. The molecule has 0 bridgehead atoms. The SMILES string of the molecule is O=c1ccc2cnc(Nc3ccc(N4CCCCC4)cc3)nc2n1C1CCc2ccccc21. The van der Waals surface area contributed by atoms with Crippen molar-refractivity contribution in [1.82, 2.24) is 14.5 Å². The minimum Gasteiger partial charge on any atom is -0.372 e. The lowest BCUT2D eigenvalue weighted by molar-refractivity contribution is 0.576. The van der Waals surface area contributed by atoms with Gasteiger partial charge in [0.2, 0.25) is 5.95 Å². The Labute approximate surface area is 192 Å². The fourth-order valence-electron chi connectivity index (χ4n) is 5.24. The fourth-order valence-corrected chi connectivity index (χ4v) is 5.24. The van der Waals surface area contributed by atoms with E-state index >= 15 is 0 Å². The molecule has 6 nitrogen and oxygen atoms in total. The minimum atomic E-state index is -0.0280. The molecule has 2 aromatic carbocycles. The van der Waals surface area contributed by atoms with Crippen LogP contribution in [0.2, 0.25) is 0 Å². The van der Waals surface area contributed by atoms with E-state index < -0.39 is 0 Å². The van der Waals surface area contributed by atoms with Crippen LogP contribution < -0.4 is 15.8 Å².